The standard InChI is InChI=1S/C35H57NO4.C31H49NO4.C27H41NO4/c1-5-7-8-9-10-11-12-13-14-15-16-17-28-39-31-23-18-29(19-24-31)20-27-33(37)40-32-25-21-30(22-26-32)36-34(38)35(3,4)6-2;1-5-7-8-9-10-11-12-13-24-35-27-19-14-25(15-20-27)16-23-29(33)36-28-21-17-26(18-22-28)32-30(34)31(3,4)6-2;1-5-7-8-9-20-31-23-15-10-21(11-16-23)12-19-25(29)32-24-17-13-22(14-18-24)28-26(30)27(3,4)6-2/h18-20,23-24,27,30,32H,5-17,21-22,25-26,28H2,1-4H3,(H,36,38);14-16,19-20,23,26,28H,5-13,17-18,21-22,24H2,1-4H3,(H,32,34);10-12,15-16,19,22,24H,5-9,13-14,17-18,20H2,1-4H3,(H,28,30)/b27-20+;23-16+;19-12+. The van der Waals surface area contributed by atoms with E-state index in [0.29, 0.717) is 0 Å². The number of benzene rings is 3. The molecule has 0 heterocycles. The molecule has 0 radical (unpaired) electrons. The van der Waals surface area contributed by atoms with Gasteiger partial charge in [-0.15, -0.1) is 0 Å². The molecular formula is C93H147N3O12. The van der Waals surface area contributed by atoms with Crippen molar-refractivity contribution in [3.8, 4) is 17.2 Å². The molecule has 3 aromatic carbocycles. The molecule has 3 aliphatic carbocycles. The molecule has 3 aliphatic rings. The van der Waals surface area contributed by atoms with Crippen molar-refractivity contribution in [2.75, 3.05) is 19.8 Å². The molecule has 3 fully saturated rings. The Hall–Kier alpha value is -6.90. The predicted molar refractivity (Wildman–Crippen MR) is 444 cm³/mol. The fourth-order valence-corrected chi connectivity index (χ4v) is 13.0. The number of amides is 3. The average molecular weight is 1500 g/mol. The van der Waals surface area contributed by atoms with Gasteiger partial charge in [-0.25, -0.2) is 14.4 Å². The Bertz CT molecular complexity index is 3020. The predicted octanol–water partition coefficient (Wildman–Crippen LogP) is 22.9. The van der Waals surface area contributed by atoms with Crippen LogP contribution in [0, 0.1) is 16.2 Å². The van der Waals surface area contributed by atoms with Crippen LogP contribution in [0.5, 0.6) is 17.2 Å². The lowest BCUT2D eigenvalue weighted by Gasteiger charge is -2.31. The van der Waals surface area contributed by atoms with Crippen LogP contribution in [0.1, 0.15) is 350 Å². The normalized spacial score (nSPS) is 18.2. The van der Waals surface area contributed by atoms with Crippen LogP contribution in [0.2, 0.25) is 0 Å². The van der Waals surface area contributed by atoms with E-state index in [9.17, 15) is 28.8 Å². The van der Waals surface area contributed by atoms with Gasteiger partial charge in [-0.2, -0.15) is 0 Å². The Morgan fingerprint density at radius 1 is 0.306 bits per heavy atom. The van der Waals surface area contributed by atoms with Crippen molar-refractivity contribution < 1.29 is 57.2 Å². The van der Waals surface area contributed by atoms with E-state index in [1.54, 1.807) is 18.2 Å². The van der Waals surface area contributed by atoms with Gasteiger partial charge >= 0.3 is 17.9 Å². The van der Waals surface area contributed by atoms with E-state index in [1.807, 2.05) is 135 Å². The summed E-state index contributed by atoms with van der Waals surface area (Å²) in [6.45, 7) is 26.9. The van der Waals surface area contributed by atoms with Gasteiger partial charge in [-0.3, -0.25) is 14.4 Å². The molecule has 15 heteroatoms. The molecule has 0 aliphatic heterocycles. The molecule has 15 nitrogen and oxygen atoms in total. The van der Waals surface area contributed by atoms with E-state index < -0.39 is 0 Å². The van der Waals surface area contributed by atoms with Gasteiger partial charge < -0.3 is 44.4 Å². The summed E-state index contributed by atoms with van der Waals surface area (Å²) in [5.74, 6) is 1.97. The van der Waals surface area contributed by atoms with E-state index in [0.717, 1.165) is 169 Å². The largest absolute Gasteiger partial charge is 0.494 e. The fourth-order valence-electron chi connectivity index (χ4n) is 13.0. The zero-order valence-corrected chi connectivity index (χ0v) is 69.5. The van der Waals surface area contributed by atoms with Gasteiger partial charge in [-0.1, -0.05) is 254 Å². The Morgan fingerprint density at radius 3 is 0.722 bits per heavy atom. The van der Waals surface area contributed by atoms with Crippen molar-refractivity contribution in [3.05, 3.63) is 108 Å². The number of nitrogens with one attached hydrogen (secondary N) is 3. The summed E-state index contributed by atoms with van der Waals surface area (Å²) in [5.41, 5.74) is 1.80. The lowest BCUT2D eigenvalue weighted by Crippen LogP contribution is -2.45. The summed E-state index contributed by atoms with van der Waals surface area (Å²) < 4.78 is 34.4. The fraction of sp³-hybridized carbons (Fsp3) is 0.677. The third-order valence-electron chi connectivity index (χ3n) is 22.0. The van der Waals surface area contributed by atoms with Crippen molar-refractivity contribution >= 4 is 53.9 Å². The molecule has 6 rings (SSSR count). The van der Waals surface area contributed by atoms with Crippen LogP contribution in [-0.4, -0.2) is 91.9 Å². The molecule has 3 aromatic rings. The van der Waals surface area contributed by atoms with E-state index in [-0.39, 0.29) is 88.3 Å². The van der Waals surface area contributed by atoms with Crippen molar-refractivity contribution in [2.45, 2.75) is 370 Å². The second kappa shape index (κ2) is 54.7. The highest BCUT2D eigenvalue weighted by Crippen LogP contribution is 2.30. The van der Waals surface area contributed by atoms with Crippen LogP contribution in [0.15, 0.2) is 91.0 Å². The van der Waals surface area contributed by atoms with Crippen molar-refractivity contribution in [1.82, 2.24) is 16.0 Å². The monoisotopic (exact) mass is 1500 g/mol. The highest BCUT2D eigenvalue weighted by molar-refractivity contribution is 5.88. The molecule has 3 saturated carbocycles. The Labute approximate surface area is 654 Å². The lowest BCUT2D eigenvalue weighted by molar-refractivity contribution is -0.145. The average Bonchev–Trinajstić information content (AvgIpc) is 0.859. The van der Waals surface area contributed by atoms with Gasteiger partial charge in [0.05, 0.1) is 19.8 Å². The minimum Gasteiger partial charge on any atom is -0.494 e. The molecule has 0 bridgehead atoms. The van der Waals surface area contributed by atoms with Crippen LogP contribution in [0.4, 0.5) is 0 Å². The van der Waals surface area contributed by atoms with Gasteiger partial charge in [0, 0.05) is 52.6 Å². The van der Waals surface area contributed by atoms with Gasteiger partial charge in [0.2, 0.25) is 17.7 Å². The van der Waals surface area contributed by atoms with Crippen LogP contribution < -0.4 is 30.2 Å². The maximum Gasteiger partial charge on any atom is 0.331 e. The topological polar surface area (TPSA) is 194 Å². The summed E-state index contributed by atoms with van der Waals surface area (Å²) in [7, 11) is 0. The highest BCUT2D eigenvalue weighted by Gasteiger charge is 2.33. The maximum absolute atomic E-state index is 12.4. The Kier molecular flexibility index (Phi) is 47.3. The van der Waals surface area contributed by atoms with Crippen molar-refractivity contribution in [1.29, 1.82) is 0 Å². The number of esters is 3. The molecule has 0 aromatic heterocycles. The Morgan fingerprint density at radius 2 is 0.509 bits per heavy atom. The van der Waals surface area contributed by atoms with E-state index in [1.165, 1.54) is 153 Å². The van der Waals surface area contributed by atoms with Crippen molar-refractivity contribution in [2.24, 2.45) is 16.2 Å². The molecule has 0 atom stereocenters. The minimum atomic E-state index is -0.343. The number of carbonyl (C=O) groups excluding carboxylic acids is 6. The highest BCUT2D eigenvalue weighted by atomic mass is 16.6. The molecule has 0 saturated heterocycles. The first-order valence-corrected chi connectivity index (χ1v) is 42.8. The number of unbranched alkanes of at least 4 members (excludes halogenated alkanes) is 21. The summed E-state index contributed by atoms with van der Waals surface area (Å²) >= 11 is 0. The summed E-state index contributed by atoms with van der Waals surface area (Å²) in [6, 6.07) is 23.9. The summed E-state index contributed by atoms with van der Waals surface area (Å²) in [6.07, 6.45) is 52.9. The van der Waals surface area contributed by atoms with Gasteiger partial charge in [0.15, 0.2) is 0 Å². The molecule has 108 heavy (non-hydrogen) atoms. The molecule has 0 unspecified atom stereocenters. The third kappa shape index (κ3) is 41.2. The minimum absolute atomic E-state index is 0.0806. The van der Waals surface area contributed by atoms with Crippen LogP contribution >= 0.6 is 0 Å². The number of rotatable bonds is 48. The number of ether oxygens (including phenoxy) is 6. The zero-order chi connectivity index (χ0) is 78.7. The molecule has 3 amide bonds. The third-order valence-corrected chi connectivity index (χ3v) is 22.0. The molecule has 606 valence electrons. The number of hydrogen-bond acceptors (Lipinski definition) is 12. The van der Waals surface area contributed by atoms with Gasteiger partial charge in [0.1, 0.15) is 35.6 Å². The zero-order valence-electron chi connectivity index (χ0n) is 69.5. The van der Waals surface area contributed by atoms with Gasteiger partial charge in [-0.05, 0) is 187 Å². The van der Waals surface area contributed by atoms with Crippen LogP contribution in [0.3, 0.4) is 0 Å². The van der Waals surface area contributed by atoms with Crippen LogP contribution in [0.25, 0.3) is 18.2 Å². The molecule has 3 N–H and O–H groups in total. The number of hydrogen-bond donors (Lipinski definition) is 3. The maximum atomic E-state index is 12.4. The SMILES string of the molecule is CCCCCCCCCCCCCCOc1ccc(/C=C/C(=O)OC2CCC(NC(=O)C(C)(C)CC)CC2)cc1.CCCCCCCCCCOc1ccc(/C=C/C(=O)OC2CCC(NC(=O)C(C)(C)CC)CC2)cc1.CCCCCCOc1ccc(/C=C/C(=O)OC2CCC(NC(=O)C(C)(C)CC)CC2)cc1. The van der Waals surface area contributed by atoms with Crippen molar-refractivity contribution in [3.63, 3.8) is 0 Å². The van der Waals surface area contributed by atoms with Crippen LogP contribution in [-0.2, 0) is 43.0 Å². The molecular weight excluding hydrogens is 1350 g/mol. The number of carbonyl (C=O) groups is 6. The quantitative estimate of drug-likeness (QED) is 0.0210. The van der Waals surface area contributed by atoms with Gasteiger partial charge in [0.25, 0.3) is 0 Å². The van der Waals surface area contributed by atoms with E-state index in [2.05, 4.69) is 36.7 Å². The smallest absolute Gasteiger partial charge is 0.331 e. The Balaban J connectivity index is 0.000000344. The van der Waals surface area contributed by atoms with E-state index in [4.69, 9.17) is 28.4 Å². The second-order valence-corrected chi connectivity index (χ2v) is 32.5. The summed E-state index contributed by atoms with van der Waals surface area (Å²) in [5, 5.41) is 9.48. The second-order valence-electron chi connectivity index (χ2n) is 32.5. The first-order chi connectivity index (χ1) is 52.0. The summed E-state index contributed by atoms with van der Waals surface area (Å²) in [4.78, 5) is 73.9. The first kappa shape index (κ1) is 93.5. The van der Waals surface area contributed by atoms with E-state index >= 15 is 0 Å². The first-order valence-electron chi connectivity index (χ1n) is 42.8. The lowest BCUT2D eigenvalue weighted by atomic mass is 9.87. The molecule has 0 spiro atoms.